The maximum atomic E-state index is 3.43. The topological polar surface area (TPSA) is 12.0 Å². The number of rotatable bonds is 5. The molecule has 0 bridgehead atoms. The van der Waals surface area contributed by atoms with E-state index in [2.05, 4.69) is 45.7 Å². The lowest BCUT2D eigenvalue weighted by Gasteiger charge is -2.08. The van der Waals surface area contributed by atoms with Crippen LogP contribution < -0.4 is 5.32 Å². The molecule has 0 aliphatic heterocycles. The average molecular weight is 248 g/mol. The summed E-state index contributed by atoms with van der Waals surface area (Å²) in [5, 5.41) is 6.58. The van der Waals surface area contributed by atoms with Gasteiger partial charge in [-0.15, -0.1) is 11.3 Å². The SMILES string of the molecule is CC(CBr)NCCc1cccs1. The van der Waals surface area contributed by atoms with Gasteiger partial charge < -0.3 is 5.32 Å². The first-order valence-electron chi connectivity index (χ1n) is 4.14. The average Bonchev–Trinajstić information content (AvgIpc) is 2.57. The normalized spacial score (nSPS) is 13.2. The molecule has 1 rings (SSSR count). The van der Waals surface area contributed by atoms with Gasteiger partial charge in [-0.3, -0.25) is 0 Å². The van der Waals surface area contributed by atoms with Gasteiger partial charge >= 0.3 is 0 Å². The molecule has 0 spiro atoms. The third-order valence-electron chi connectivity index (χ3n) is 1.68. The van der Waals surface area contributed by atoms with E-state index in [9.17, 15) is 0 Å². The van der Waals surface area contributed by atoms with Crippen molar-refractivity contribution in [2.24, 2.45) is 0 Å². The predicted octanol–water partition coefficient (Wildman–Crippen LogP) is 2.66. The molecule has 0 radical (unpaired) electrons. The molecular formula is C9H14BrNS. The molecule has 1 heterocycles. The van der Waals surface area contributed by atoms with Crippen molar-refractivity contribution in [3.63, 3.8) is 0 Å². The van der Waals surface area contributed by atoms with Crippen LogP contribution in [0.25, 0.3) is 0 Å². The van der Waals surface area contributed by atoms with Gasteiger partial charge in [-0.25, -0.2) is 0 Å². The minimum Gasteiger partial charge on any atom is -0.313 e. The predicted molar refractivity (Wildman–Crippen MR) is 59.3 cm³/mol. The highest BCUT2D eigenvalue weighted by Gasteiger charge is 1.98. The molecule has 0 saturated carbocycles. The summed E-state index contributed by atoms with van der Waals surface area (Å²) in [6.07, 6.45) is 1.15. The second-order valence-corrected chi connectivity index (χ2v) is 4.52. The molecule has 1 unspecified atom stereocenters. The Morgan fingerprint density at radius 1 is 1.67 bits per heavy atom. The number of nitrogens with one attached hydrogen (secondary N) is 1. The Bertz CT molecular complexity index is 198. The van der Waals surface area contributed by atoms with E-state index in [1.165, 1.54) is 4.88 Å². The van der Waals surface area contributed by atoms with Gasteiger partial charge in [0.1, 0.15) is 0 Å². The molecule has 0 amide bonds. The largest absolute Gasteiger partial charge is 0.313 e. The molecular weight excluding hydrogens is 234 g/mol. The number of thiophene rings is 1. The molecule has 12 heavy (non-hydrogen) atoms. The van der Waals surface area contributed by atoms with E-state index < -0.39 is 0 Å². The second kappa shape index (κ2) is 5.73. The van der Waals surface area contributed by atoms with Crippen LogP contribution in [0.3, 0.4) is 0 Å². The van der Waals surface area contributed by atoms with Crippen molar-refractivity contribution in [1.82, 2.24) is 5.32 Å². The van der Waals surface area contributed by atoms with Gasteiger partial charge in [-0.05, 0) is 24.8 Å². The summed E-state index contributed by atoms with van der Waals surface area (Å²) in [6.45, 7) is 3.26. The molecule has 68 valence electrons. The van der Waals surface area contributed by atoms with Crippen LogP contribution in [0.2, 0.25) is 0 Å². The lowest BCUT2D eigenvalue weighted by molar-refractivity contribution is 0.601. The van der Waals surface area contributed by atoms with Crippen molar-refractivity contribution >= 4 is 27.3 Å². The van der Waals surface area contributed by atoms with Crippen LogP contribution in [0.4, 0.5) is 0 Å². The summed E-state index contributed by atoms with van der Waals surface area (Å²) in [5.41, 5.74) is 0. The van der Waals surface area contributed by atoms with E-state index in [0.29, 0.717) is 6.04 Å². The maximum absolute atomic E-state index is 3.43. The quantitative estimate of drug-likeness (QED) is 0.790. The molecule has 1 nitrogen and oxygen atoms in total. The highest BCUT2D eigenvalue weighted by molar-refractivity contribution is 9.09. The molecule has 0 aliphatic rings. The van der Waals surface area contributed by atoms with E-state index in [0.717, 1.165) is 18.3 Å². The van der Waals surface area contributed by atoms with E-state index in [4.69, 9.17) is 0 Å². The Morgan fingerprint density at radius 2 is 2.50 bits per heavy atom. The zero-order chi connectivity index (χ0) is 8.81. The molecule has 1 atom stereocenters. The minimum absolute atomic E-state index is 0.574. The molecule has 1 aromatic heterocycles. The summed E-state index contributed by atoms with van der Waals surface area (Å²) in [7, 11) is 0. The number of halogens is 1. The monoisotopic (exact) mass is 247 g/mol. The summed E-state index contributed by atoms with van der Waals surface area (Å²) >= 11 is 5.26. The Hall–Kier alpha value is 0.140. The minimum atomic E-state index is 0.574. The lowest BCUT2D eigenvalue weighted by Crippen LogP contribution is -2.28. The van der Waals surface area contributed by atoms with Crippen molar-refractivity contribution in [2.45, 2.75) is 19.4 Å². The van der Waals surface area contributed by atoms with Gasteiger partial charge in [0, 0.05) is 22.8 Å². The zero-order valence-electron chi connectivity index (χ0n) is 7.22. The van der Waals surface area contributed by atoms with Crippen LogP contribution in [0.5, 0.6) is 0 Å². The maximum Gasteiger partial charge on any atom is 0.0183 e. The van der Waals surface area contributed by atoms with Crippen LogP contribution >= 0.6 is 27.3 Å². The van der Waals surface area contributed by atoms with Gasteiger partial charge in [0.05, 0.1) is 0 Å². The second-order valence-electron chi connectivity index (χ2n) is 2.84. The van der Waals surface area contributed by atoms with Crippen LogP contribution in [0.1, 0.15) is 11.8 Å². The molecule has 3 heteroatoms. The highest BCUT2D eigenvalue weighted by atomic mass is 79.9. The van der Waals surface area contributed by atoms with Crippen molar-refractivity contribution in [1.29, 1.82) is 0 Å². The zero-order valence-corrected chi connectivity index (χ0v) is 9.62. The molecule has 0 aromatic carbocycles. The molecule has 1 aromatic rings. The van der Waals surface area contributed by atoms with Crippen LogP contribution in [-0.2, 0) is 6.42 Å². The van der Waals surface area contributed by atoms with Crippen molar-refractivity contribution < 1.29 is 0 Å². The Balaban J connectivity index is 2.11. The van der Waals surface area contributed by atoms with Crippen LogP contribution in [-0.4, -0.2) is 17.9 Å². The fourth-order valence-electron chi connectivity index (χ4n) is 0.951. The van der Waals surface area contributed by atoms with E-state index in [1.807, 2.05) is 11.3 Å². The third kappa shape index (κ3) is 3.70. The van der Waals surface area contributed by atoms with Gasteiger partial charge in [0.25, 0.3) is 0 Å². The van der Waals surface area contributed by atoms with E-state index >= 15 is 0 Å². The summed E-state index contributed by atoms with van der Waals surface area (Å²) in [6, 6.07) is 4.86. The number of hydrogen-bond acceptors (Lipinski definition) is 2. The standard InChI is InChI=1S/C9H14BrNS/c1-8(7-10)11-5-4-9-3-2-6-12-9/h2-3,6,8,11H,4-5,7H2,1H3. The fourth-order valence-corrected chi connectivity index (χ4v) is 1.89. The van der Waals surface area contributed by atoms with Crippen LogP contribution in [0.15, 0.2) is 17.5 Å². The Labute approximate surface area is 86.3 Å². The van der Waals surface area contributed by atoms with Gasteiger partial charge in [0.15, 0.2) is 0 Å². The molecule has 1 N–H and O–H groups in total. The molecule has 0 aliphatic carbocycles. The first kappa shape index (κ1) is 10.2. The smallest absolute Gasteiger partial charge is 0.0183 e. The molecule has 0 saturated heterocycles. The first-order valence-corrected chi connectivity index (χ1v) is 6.14. The fraction of sp³-hybridized carbons (Fsp3) is 0.556. The number of alkyl halides is 1. The van der Waals surface area contributed by atoms with Crippen molar-refractivity contribution in [2.75, 3.05) is 11.9 Å². The summed E-state index contributed by atoms with van der Waals surface area (Å²) < 4.78 is 0. The number of hydrogen-bond donors (Lipinski definition) is 1. The van der Waals surface area contributed by atoms with E-state index in [-0.39, 0.29) is 0 Å². The highest BCUT2D eigenvalue weighted by Crippen LogP contribution is 2.08. The van der Waals surface area contributed by atoms with Crippen molar-refractivity contribution in [3.05, 3.63) is 22.4 Å². The third-order valence-corrected chi connectivity index (χ3v) is 3.58. The summed E-state index contributed by atoms with van der Waals surface area (Å²) in [5.74, 6) is 0. The Kier molecular flexibility index (Phi) is 4.88. The summed E-state index contributed by atoms with van der Waals surface area (Å²) in [4.78, 5) is 1.46. The van der Waals surface area contributed by atoms with Gasteiger partial charge in [0.2, 0.25) is 0 Å². The lowest BCUT2D eigenvalue weighted by atomic mass is 10.3. The van der Waals surface area contributed by atoms with Crippen molar-refractivity contribution in [3.8, 4) is 0 Å². The molecule has 0 fully saturated rings. The Morgan fingerprint density at radius 3 is 3.08 bits per heavy atom. The first-order chi connectivity index (χ1) is 5.83. The van der Waals surface area contributed by atoms with Gasteiger partial charge in [-0.2, -0.15) is 0 Å². The van der Waals surface area contributed by atoms with Gasteiger partial charge in [-0.1, -0.05) is 22.0 Å². The van der Waals surface area contributed by atoms with E-state index in [1.54, 1.807) is 0 Å². The van der Waals surface area contributed by atoms with Crippen LogP contribution in [0, 0.1) is 0 Å².